The van der Waals surface area contributed by atoms with Crippen molar-refractivity contribution >= 4 is 6.08 Å². The van der Waals surface area contributed by atoms with Crippen molar-refractivity contribution in [2.45, 2.75) is 13.0 Å². The van der Waals surface area contributed by atoms with Crippen LogP contribution in [0.4, 0.5) is 0 Å². The molecular formula is C17H16N2O2. The molecule has 0 bridgehead atoms. The summed E-state index contributed by atoms with van der Waals surface area (Å²) < 4.78 is 5.74. The van der Waals surface area contributed by atoms with Crippen LogP contribution in [0.3, 0.4) is 0 Å². The number of nitriles is 1. The monoisotopic (exact) mass is 280 g/mol. The standard InChI is InChI=1S/C17H16N2O2/c1-13(19-20)5-6-14-3-2-4-17(11-14)21-16-9-7-15(12-18)8-10-16/h2-11,13,19-20H,1H3. The second-order valence-corrected chi connectivity index (χ2v) is 4.59. The lowest BCUT2D eigenvalue weighted by Gasteiger charge is -2.07. The minimum absolute atomic E-state index is 0.117. The average Bonchev–Trinajstić information content (AvgIpc) is 2.53. The van der Waals surface area contributed by atoms with Crippen molar-refractivity contribution in [3.63, 3.8) is 0 Å². The molecule has 0 aliphatic rings. The van der Waals surface area contributed by atoms with Gasteiger partial charge in [0.15, 0.2) is 0 Å². The molecule has 0 saturated carbocycles. The second-order valence-electron chi connectivity index (χ2n) is 4.59. The second kappa shape index (κ2) is 7.25. The number of hydrogen-bond acceptors (Lipinski definition) is 4. The topological polar surface area (TPSA) is 65.3 Å². The van der Waals surface area contributed by atoms with E-state index < -0.39 is 0 Å². The zero-order chi connectivity index (χ0) is 15.1. The molecule has 0 aliphatic heterocycles. The Morgan fingerprint density at radius 2 is 1.95 bits per heavy atom. The van der Waals surface area contributed by atoms with Crippen molar-refractivity contribution in [3.8, 4) is 17.6 Å². The lowest BCUT2D eigenvalue weighted by molar-refractivity contribution is 0.150. The van der Waals surface area contributed by atoms with E-state index in [1.54, 1.807) is 24.3 Å². The van der Waals surface area contributed by atoms with Crippen LogP contribution in [-0.2, 0) is 0 Å². The van der Waals surface area contributed by atoms with E-state index in [1.807, 2.05) is 43.3 Å². The highest BCUT2D eigenvalue weighted by Crippen LogP contribution is 2.23. The molecule has 1 atom stereocenters. The van der Waals surface area contributed by atoms with Crippen molar-refractivity contribution in [2.75, 3.05) is 0 Å². The highest BCUT2D eigenvalue weighted by atomic mass is 16.5. The SMILES string of the molecule is CC(C=Cc1cccc(Oc2ccc(C#N)cc2)c1)NO. The van der Waals surface area contributed by atoms with Gasteiger partial charge in [0.2, 0.25) is 0 Å². The molecule has 4 heteroatoms. The van der Waals surface area contributed by atoms with E-state index in [1.165, 1.54) is 0 Å². The van der Waals surface area contributed by atoms with Crippen LogP contribution in [0.25, 0.3) is 6.08 Å². The lowest BCUT2D eigenvalue weighted by Crippen LogP contribution is -2.18. The summed E-state index contributed by atoms with van der Waals surface area (Å²) in [6, 6.07) is 16.5. The van der Waals surface area contributed by atoms with Gasteiger partial charge in [0, 0.05) is 6.04 Å². The van der Waals surface area contributed by atoms with E-state index in [9.17, 15) is 0 Å². The van der Waals surface area contributed by atoms with Gasteiger partial charge in [-0.25, -0.2) is 0 Å². The third kappa shape index (κ3) is 4.46. The molecule has 0 spiro atoms. The van der Waals surface area contributed by atoms with E-state index >= 15 is 0 Å². The Balaban J connectivity index is 2.10. The minimum Gasteiger partial charge on any atom is -0.457 e. The van der Waals surface area contributed by atoms with Gasteiger partial charge in [0.25, 0.3) is 0 Å². The Morgan fingerprint density at radius 3 is 2.62 bits per heavy atom. The van der Waals surface area contributed by atoms with Gasteiger partial charge in [-0.3, -0.25) is 0 Å². The number of nitrogens with one attached hydrogen (secondary N) is 1. The van der Waals surface area contributed by atoms with Gasteiger partial charge in [0.05, 0.1) is 11.6 Å². The number of benzene rings is 2. The molecule has 0 saturated heterocycles. The third-order valence-corrected chi connectivity index (χ3v) is 2.86. The molecule has 2 aromatic rings. The summed E-state index contributed by atoms with van der Waals surface area (Å²) in [5, 5.41) is 17.5. The molecule has 2 aromatic carbocycles. The first-order chi connectivity index (χ1) is 10.2. The lowest BCUT2D eigenvalue weighted by atomic mass is 10.1. The Bertz CT molecular complexity index is 657. The van der Waals surface area contributed by atoms with Crippen LogP contribution >= 0.6 is 0 Å². The minimum atomic E-state index is -0.117. The van der Waals surface area contributed by atoms with Crippen molar-refractivity contribution in [3.05, 3.63) is 65.7 Å². The average molecular weight is 280 g/mol. The molecule has 2 rings (SSSR count). The maximum atomic E-state index is 8.76. The van der Waals surface area contributed by atoms with Crippen molar-refractivity contribution in [1.82, 2.24) is 5.48 Å². The fraction of sp³-hybridized carbons (Fsp3) is 0.118. The van der Waals surface area contributed by atoms with Gasteiger partial charge in [-0.2, -0.15) is 10.7 Å². The molecule has 0 radical (unpaired) electrons. The molecule has 21 heavy (non-hydrogen) atoms. The van der Waals surface area contributed by atoms with Crippen molar-refractivity contribution in [2.24, 2.45) is 0 Å². The molecule has 0 aliphatic carbocycles. The highest BCUT2D eigenvalue weighted by Gasteiger charge is 1.99. The first kappa shape index (κ1) is 14.8. The number of hydroxylamine groups is 1. The number of hydrogen-bond donors (Lipinski definition) is 2. The van der Waals surface area contributed by atoms with Crippen LogP contribution in [0.2, 0.25) is 0 Å². The summed E-state index contributed by atoms with van der Waals surface area (Å²) in [6.07, 6.45) is 3.75. The summed E-state index contributed by atoms with van der Waals surface area (Å²) in [6.45, 7) is 1.84. The zero-order valence-electron chi connectivity index (χ0n) is 11.7. The number of rotatable bonds is 5. The first-order valence-electron chi connectivity index (χ1n) is 6.57. The van der Waals surface area contributed by atoms with Gasteiger partial charge in [-0.1, -0.05) is 24.3 Å². The predicted molar refractivity (Wildman–Crippen MR) is 81.1 cm³/mol. The summed E-state index contributed by atoms with van der Waals surface area (Å²) in [5.41, 5.74) is 3.73. The number of ether oxygens (including phenoxy) is 1. The van der Waals surface area contributed by atoms with E-state index in [-0.39, 0.29) is 6.04 Å². The van der Waals surface area contributed by atoms with Crippen LogP contribution in [-0.4, -0.2) is 11.2 Å². The first-order valence-corrected chi connectivity index (χ1v) is 6.57. The van der Waals surface area contributed by atoms with Gasteiger partial charge >= 0.3 is 0 Å². The molecule has 2 N–H and O–H groups in total. The Labute approximate surface area is 123 Å². The van der Waals surface area contributed by atoms with Gasteiger partial charge < -0.3 is 9.94 Å². The van der Waals surface area contributed by atoms with Gasteiger partial charge in [0.1, 0.15) is 11.5 Å². The zero-order valence-corrected chi connectivity index (χ0v) is 11.7. The van der Waals surface area contributed by atoms with Crippen LogP contribution in [0.5, 0.6) is 11.5 Å². The molecule has 1 unspecified atom stereocenters. The molecule has 0 fully saturated rings. The maximum Gasteiger partial charge on any atom is 0.128 e. The molecule has 0 aromatic heterocycles. The Hall–Kier alpha value is -2.61. The van der Waals surface area contributed by atoms with Crippen LogP contribution < -0.4 is 10.2 Å². The normalized spacial score (nSPS) is 12.0. The van der Waals surface area contributed by atoms with E-state index in [0.29, 0.717) is 17.1 Å². The number of nitrogens with zero attached hydrogens (tertiary/aromatic N) is 1. The van der Waals surface area contributed by atoms with E-state index in [2.05, 4.69) is 11.5 Å². The highest BCUT2D eigenvalue weighted by molar-refractivity contribution is 5.52. The van der Waals surface area contributed by atoms with Crippen LogP contribution in [0.1, 0.15) is 18.1 Å². The quantitative estimate of drug-likeness (QED) is 0.819. The molecule has 0 heterocycles. The molecule has 0 amide bonds. The van der Waals surface area contributed by atoms with E-state index in [4.69, 9.17) is 15.2 Å². The van der Waals surface area contributed by atoms with Crippen LogP contribution in [0, 0.1) is 11.3 Å². The molecule has 4 nitrogen and oxygen atoms in total. The van der Waals surface area contributed by atoms with E-state index in [0.717, 1.165) is 5.56 Å². The molecular weight excluding hydrogens is 264 g/mol. The molecule has 106 valence electrons. The van der Waals surface area contributed by atoms with Crippen LogP contribution in [0.15, 0.2) is 54.6 Å². The van der Waals surface area contributed by atoms with Gasteiger partial charge in [-0.15, -0.1) is 0 Å². The Morgan fingerprint density at radius 1 is 1.19 bits per heavy atom. The van der Waals surface area contributed by atoms with Crippen molar-refractivity contribution < 1.29 is 9.94 Å². The Kier molecular flexibility index (Phi) is 5.10. The fourth-order valence-corrected chi connectivity index (χ4v) is 1.71. The third-order valence-electron chi connectivity index (χ3n) is 2.86. The van der Waals surface area contributed by atoms with Gasteiger partial charge in [-0.05, 0) is 48.9 Å². The largest absolute Gasteiger partial charge is 0.457 e. The fourth-order valence-electron chi connectivity index (χ4n) is 1.71. The summed E-state index contributed by atoms with van der Waals surface area (Å²) >= 11 is 0. The maximum absolute atomic E-state index is 8.76. The summed E-state index contributed by atoms with van der Waals surface area (Å²) in [7, 11) is 0. The van der Waals surface area contributed by atoms with Crippen molar-refractivity contribution in [1.29, 1.82) is 5.26 Å². The smallest absolute Gasteiger partial charge is 0.128 e. The predicted octanol–water partition coefficient (Wildman–Crippen LogP) is 3.73. The summed E-state index contributed by atoms with van der Waals surface area (Å²) in [5.74, 6) is 1.40. The summed E-state index contributed by atoms with van der Waals surface area (Å²) in [4.78, 5) is 0.